The quantitative estimate of drug-likeness (QED) is 0.518. The molecular formula is C24H21NO4S. The van der Waals surface area contributed by atoms with E-state index in [2.05, 4.69) is 0 Å². The minimum Gasteiger partial charge on any atom is -0.497 e. The Morgan fingerprint density at radius 2 is 1.80 bits per heavy atom. The first-order valence-electron chi connectivity index (χ1n) is 9.46. The molecule has 0 unspecified atom stereocenters. The number of methoxy groups -OCH3 is 2. The molecule has 152 valence electrons. The van der Waals surface area contributed by atoms with Gasteiger partial charge in [-0.15, -0.1) is 0 Å². The molecule has 6 heteroatoms. The number of ether oxygens (including phenoxy) is 2. The van der Waals surface area contributed by atoms with E-state index < -0.39 is 0 Å². The van der Waals surface area contributed by atoms with Crippen LogP contribution >= 0.6 is 11.8 Å². The summed E-state index contributed by atoms with van der Waals surface area (Å²) in [5.74, 6) is 1.03. The lowest BCUT2D eigenvalue weighted by Gasteiger charge is -2.13. The molecule has 0 N–H and O–H groups in total. The van der Waals surface area contributed by atoms with Gasteiger partial charge in [0.1, 0.15) is 11.5 Å². The number of fused-ring (bicyclic) bond motifs is 1. The molecule has 2 amide bonds. The third-order valence-electron chi connectivity index (χ3n) is 5.02. The molecule has 0 radical (unpaired) electrons. The lowest BCUT2D eigenvalue weighted by molar-refractivity contribution is -0.123. The van der Waals surface area contributed by atoms with E-state index in [9.17, 15) is 9.59 Å². The number of amides is 2. The van der Waals surface area contributed by atoms with Gasteiger partial charge in [0, 0.05) is 5.56 Å². The average Bonchev–Trinajstić information content (AvgIpc) is 3.01. The van der Waals surface area contributed by atoms with Gasteiger partial charge in [0.15, 0.2) is 0 Å². The molecule has 1 aliphatic heterocycles. The van der Waals surface area contributed by atoms with E-state index in [1.54, 1.807) is 20.3 Å². The predicted molar refractivity (Wildman–Crippen MR) is 120 cm³/mol. The van der Waals surface area contributed by atoms with Crippen LogP contribution in [0.15, 0.2) is 59.5 Å². The maximum Gasteiger partial charge on any atom is 0.293 e. The second kappa shape index (κ2) is 8.24. The fraction of sp³-hybridized carbons (Fsp3) is 0.167. The Labute approximate surface area is 179 Å². The van der Waals surface area contributed by atoms with Gasteiger partial charge in [-0.2, -0.15) is 0 Å². The maximum atomic E-state index is 13.0. The molecule has 4 rings (SSSR count). The van der Waals surface area contributed by atoms with Crippen molar-refractivity contribution in [1.29, 1.82) is 0 Å². The number of carbonyl (C=O) groups is 2. The molecular weight excluding hydrogens is 398 g/mol. The molecule has 0 saturated carbocycles. The molecule has 3 aromatic carbocycles. The summed E-state index contributed by atoms with van der Waals surface area (Å²) in [6.45, 7) is 2.24. The van der Waals surface area contributed by atoms with Crippen LogP contribution < -0.4 is 9.47 Å². The normalized spacial score (nSPS) is 15.3. The first-order chi connectivity index (χ1) is 14.5. The van der Waals surface area contributed by atoms with Crippen molar-refractivity contribution in [2.45, 2.75) is 13.5 Å². The van der Waals surface area contributed by atoms with Crippen LogP contribution in [0, 0.1) is 6.92 Å². The van der Waals surface area contributed by atoms with Gasteiger partial charge in [0.25, 0.3) is 11.1 Å². The molecule has 0 atom stereocenters. The Morgan fingerprint density at radius 1 is 1.00 bits per heavy atom. The zero-order chi connectivity index (χ0) is 21.3. The summed E-state index contributed by atoms with van der Waals surface area (Å²) in [7, 11) is 3.19. The Hall–Kier alpha value is -3.25. The average molecular weight is 420 g/mol. The van der Waals surface area contributed by atoms with E-state index in [1.165, 1.54) is 4.90 Å². The molecule has 1 saturated heterocycles. The maximum absolute atomic E-state index is 13.0. The Kier molecular flexibility index (Phi) is 5.50. The van der Waals surface area contributed by atoms with E-state index in [-0.39, 0.29) is 17.7 Å². The molecule has 0 spiro atoms. The number of imide groups is 1. The highest BCUT2D eigenvalue weighted by Crippen LogP contribution is 2.38. The van der Waals surface area contributed by atoms with E-state index >= 15 is 0 Å². The van der Waals surface area contributed by atoms with Crippen LogP contribution in [0.3, 0.4) is 0 Å². The van der Waals surface area contributed by atoms with E-state index in [0.717, 1.165) is 39.2 Å². The largest absolute Gasteiger partial charge is 0.497 e. The molecule has 30 heavy (non-hydrogen) atoms. The number of nitrogens with zero attached hydrogens (tertiary/aromatic N) is 1. The monoisotopic (exact) mass is 419 g/mol. The molecule has 5 nitrogen and oxygen atoms in total. The third-order valence-corrected chi connectivity index (χ3v) is 5.93. The van der Waals surface area contributed by atoms with Gasteiger partial charge in [-0.1, -0.05) is 42.0 Å². The zero-order valence-electron chi connectivity index (χ0n) is 17.0. The first-order valence-corrected chi connectivity index (χ1v) is 10.3. The second-order valence-electron chi connectivity index (χ2n) is 7.03. The zero-order valence-corrected chi connectivity index (χ0v) is 17.8. The number of thioether (sulfide) groups is 1. The molecule has 1 aliphatic rings. The Bertz CT molecular complexity index is 1180. The molecule has 0 bridgehead atoms. The van der Waals surface area contributed by atoms with Crippen molar-refractivity contribution in [1.82, 2.24) is 4.90 Å². The number of hydrogen-bond acceptors (Lipinski definition) is 5. The fourth-order valence-corrected chi connectivity index (χ4v) is 4.34. The second-order valence-corrected chi connectivity index (χ2v) is 8.02. The summed E-state index contributed by atoms with van der Waals surface area (Å²) < 4.78 is 10.9. The molecule has 0 aromatic heterocycles. The summed E-state index contributed by atoms with van der Waals surface area (Å²) in [4.78, 5) is 27.2. The number of hydrogen-bond donors (Lipinski definition) is 0. The third kappa shape index (κ3) is 3.78. The Morgan fingerprint density at radius 3 is 2.53 bits per heavy atom. The number of carbonyl (C=O) groups excluding carboxylic acids is 2. The van der Waals surface area contributed by atoms with Gasteiger partial charge in [-0.05, 0) is 59.3 Å². The van der Waals surface area contributed by atoms with Crippen LogP contribution in [0.1, 0.15) is 16.7 Å². The fourth-order valence-electron chi connectivity index (χ4n) is 3.52. The van der Waals surface area contributed by atoms with Crippen molar-refractivity contribution >= 4 is 39.8 Å². The SMILES string of the molecule is COc1ccc2ccc(OC)c(/C=C3\SC(=O)N(Cc4cccc(C)c4)C3=O)c2c1. The van der Waals surface area contributed by atoms with Crippen LogP contribution in [-0.2, 0) is 11.3 Å². The number of aryl methyl sites for hydroxylation is 1. The molecule has 1 heterocycles. The van der Waals surface area contributed by atoms with Gasteiger partial charge in [-0.25, -0.2) is 0 Å². The highest BCUT2D eigenvalue weighted by molar-refractivity contribution is 8.18. The number of rotatable bonds is 5. The van der Waals surface area contributed by atoms with Crippen LogP contribution in [-0.4, -0.2) is 30.3 Å². The summed E-state index contributed by atoms with van der Waals surface area (Å²) in [5, 5.41) is 1.60. The molecule has 0 aliphatic carbocycles. The van der Waals surface area contributed by atoms with Crippen LogP contribution in [0.25, 0.3) is 16.8 Å². The van der Waals surface area contributed by atoms with Crippen molar-refractivity contribution in [2.24, 2.45) is 0 Å². The Balaban J connectivity index is 1.73. The van der Waals surface area contributed by atoms with Crippen molar-refractivity contribution in [2.75, 3.05) is 14.2 Å². The minimum atomic E-state index is -0.298. The number of benzene rings is 3. The molecule has 1 fully saturated rings. The van der Waals surface area contributed by atoms with Crippen molar-refractivity contribution < 1.29 is 19.1 Å². The van der Waals surface area contributed by atoms with Crippen molar-refractivity contribution in [3.8, 4) is 11.5 Å². The lowest BCUT2D eigenvalue weighted by atomic mass is 10.0. The van der Waals surface area contributed by atoms with Gasteiger partial charge in [-0.3, -0.25) is 14.5 Å². The highest BCUT2D eigenvalue weighted by Gasteiger charge is 2.35. The highest BCUT2D eigenvalue weighted by atomic mass is 32.2. The lowest BCUT2D eigenvalue weighted by Crippen LogP contribution is -2.27. The summed E-state index contributed by atoms with van der Waals surface area (Å²) in [5.41, 5.74) is 2.76. The van der Waals surface area contributed by atoms with Gasteiger partial charge >= 0.3 is 0 Å². The topological polar surface area (TPSA) is 55.8 Å². The smallest absolute Gasteiger partial charge is 0.293 e. The van der Waals surface area contributed by atoms with Gasteiger partial charge < -0.3 is 9.47 Å². The standard InChI is InChI=1S/C24H21NO4S/c1-15-5-4-6-16(11-15)14-25-23(26)22(30-24(25)27)13-20-19-12-18(28-2)9-7-17(19)8-10-21(20)29-3/h4-13H,14H2,1-3H3/b22-13-. The summed E-state index contributed by atoms with van der Waals surface area (Å²) in [6, 6.07) is 17.4. The van der Waals surface area contributed by atoms with Crippen LogP contribution in [0.2, 0.25) is 0 Å². The van der Waals surface area contributed by atoms with Gasteiger partial charge in [0.2, 0.25) is 0 Å². The van der Waals surface area contributed by atoms with Crippen LogP contribution in [0.5, 0.6) is 11.5 Å². The van der Waals surface area contributed by atoms with Gasteiger partial charge in [0.05, 0.1) is 25.7 Å². The van der Waals surface area contributed by atoms with E-state index in [0.29, 0.717) is 16.4 Å². The summed E-state index contributed by atoms with van der Waals surface area (Å²) >= 11 is 0.950. The summed E-state index contributed by atoms with van der Waals surface area (Å²) in [6.07, 6.45) is 1.74. The first kappa shape index (κ1) is 20.0. The van der Waals surface area contributed by atoms with E-state index in [4.69, 9.17) is 9.47 Å². The van der Waals surface area contributed by atoms with Crippen molar-refractivity contribution in [3.63, 3.8) is 0 Å². The molecule has 3 aromatic rings. The van der Waals surface area contributed by atoms with Crippen LogP contribution in [0.4, 0.5) is 4.79 Å². The van der Waals surface area contributed by atoms with Crippen molar-refractivity contribution in [3.05, 3.63) is 76.2 Å². The van der Waals surface area contributed by atoms with E-state index in [1.807, 2.05) is 61.5 Å². The predicted octanol–water partition coefficient (Wildman–Crippen LogP) is 5.40. The minimum absolute atomic E-state index is 0.254.